The van der Waals surface area contributed by atoms with Crippen molar-refractivity contribution in [1.82, 2.24) is 0 Å². The average molecular weight is 1910 g/mol. The molecule has 0 aromatic rings. The second-order valence-corrected chi connectivity index (χ2v) is 29.0. The fourth-order valence-corrected chi connectivity index (χ4v) is 9.02. The molecule has 0 aromatic heterocycles. The third-order valence-electron chi connectivity index (χ3n) is 13.4. The van der Waals surface area contributed by atoms with Crippen molar-refractivity contribution in [3.8, 4) is 0 Å². The van der Waals surface area contributed by atoms with Crippen molar-refractivity contribution in [3.63, 3.8) is 0 Å². The van der Waals surface area contributed by atoms with Gasteiger partial charge in [-0.05, 0) is 12.8 Å². The van der Waals surface area contributed by atoms with Gasteiger partial charge < -0.3 is 75.8 Å². The Labute approximate surface area is 747 Å². The van der Waals surface area contributed by atoms with Crippen LogP contribution in [0.15, 0.2) is 0 Å². The minimum absolute atomic E-state index is 0.00157. The molecule has 32 nitrogen and oxygen atoms in total. The Morgan fingerprint density at radius 3 is 0.381 bits per heavy atom. The van der Waals surface area contributed by atoms with E-state index < -0.39 is 105 Å². The molecule has 0 aromatic carbocycles. The summed E-state index contributed by atoms with van der Waals surface area (Å²) in [5.41, 5.74) is -4.11. The Morgan fingerprint density at radius 1 is 0.168 bits per heavy atom. The van der Waals surface area contributed by atoms with Crippen molar-refractivity contribution in [2.75, 3.05) is 198 Å². The highest BCUT2D eigenvalue weighted by molar-refractivity contribution is 7.83. The van der Waals surface area contributed by atoms with E-state index in [2.05, 4.69) is 202 Å². The highest BCUT2D eigenvalue weighted by Crippen LogP contribution is 2.28. The lowest BCUT2D eigenvalue weighted by Gasteiger charge is -2.31. The van der Waals surface area contributed by atoms with Gasteiger partial charge in [0.05, 0.1) is 109 Å². The van der Waals surface area contributed by atoms with E-state index in [9.17, 15) is 76.7 Å². The molecule has 48 heteroatoms. The highest BCUT2D eigenvalue weighted by Gasteiger charge is 2.40. The monoisotopic (exact) mass is 1910 g/mol. The minimum atomic E-state index is -1.28. The average Bonchev–Trinajstić information content (AvgIpc) is 0.877. The van der Waals surface area contributed by atoms with E-state index in [4.69, 9.17) is 75.8 Å². The molecule has 0 saturated carbocycles. The van der Waals surface area contributed by atoms with E-state index >= 15 is 0 Å². The Balaban J connectivity index is -0.000000437. The number of ether oxygens (including phenoxy) is 16. The smallest absolute Gasteiger partial charge is 0.315 e. The lowest BCUT2D eigenvalue weighted by Crippen LogP contribution is -2.44. The summed E-state index contributed by atoms with van der Waals surface area (Å²) in [6.07, 6.45) is 2.34. The minimum Gasteiger partial charge on any atom is -0.465 e. The maximum absolute atomic E-state index is 11.8. The standard InChI is InChI=1S/C17H28O8S4.C15H26O6S3.C13H20O8S4.C12H20O6S3.C8H14O4S2/c18-13(1-5-26)22-9-17(10-23-14(19)2-6-27,11-24-15(20)3-7-28)12-25-16(21)4-8-29;1-2-15(9-19-12(16)3-6-22,10-20-13(17)4-7-23)11-21-14(18)5-8-24;14-9(1-22)18-5-13(6-19-10(15)2-23,7-20-11(16)3-24)8-21-12(17)4-25;1-2-12(6-16-9(13)3-19,7-17-10(14)4-20)8-18-11(15)5-21;9-7(1-5-13)11-3-4-12-8(10)2-6-14/h26-29H,1-12H2;22-24H,2-11H2,1H3;22-25H,1-8H2;19-21H,2-8H2,1H3;13-14H,1-6H2. The third-order valence-corrected chi connectivity index (χ3v) is 17.2. The van der Waals surface area contributed by atoms with Crippen LogP contribution in [-0.2, 0) is 153 Å². The molecule has 0 rings (SSSR count). The van der Waals surface area contributed by atoms with Gasteiger partial charge in [0.1, 0.15) is 117 Å². The van der Waals surface area contributed by atoms with Crippen molar-refractivity contribution in [2.24, 2.45) is 21.7 Å². The van der Waals surface area contributed by atoms with Crippen LogP contribution in [0.2, 0.25) is 0 Å². The summed E-state index contributed by atoms with van der Waals surface area (Å²) in [5, 5.41) is 0. The van der Waals surface area contributed by atoms with E-state index in [0.717, 1.165) is 0 Å². The van der Waals surface area contributed by atoms with Gasteiger partial charge in [0.25, 0.3) is 0 Å². The summed E-state index contributed by atoms with van der Waals surface area (Å²) in [4.78, 5) is 183. The van der Waals surface area contributed by atoms with Gasteiger partial charge in [-0.25, -0.2) is 0 Å². The van der Waals surface area contributed by atoms with Crippen LogP contribution >= 0.6 is 202 Å². The zero-order valence-electron chi connectivity index (χ0n) is 62.6. The Hall–Kier alpha value is -2.88. The van der Waals surface area contributed by atoms with E-state index in [1.807, 2.05) is 13.8 Å². The number of carbonyl (C=O) groups excluding carboxylic acids is 16. The maximum Gasteiger partial charge on any atom is 0.315 e. The molecule has 0 unspecified atom stereocenters. The second-order valence-electron chi connectivity index (χ2n) is 22.8. The fraction of sp³-hybridized carbons (Fsp3) is 0.754. The molecule has 113 heavy (non-hydrogen) atoms. The van der Waals surface area contributed by atoms with Gasteiger partial charge in [-0.15, -0.1) is 0 Å². The van der Waals surface area contributed by atoms with Crippen molar-refractivity contribution < 1.29 is 153 Å². The van der Waals surface area contributed by atoms with E-state index in [1.54, 1.807) is 0 Å². The normalized spacial score (nSPS) is 10.7. The Kier molecular flexibility index (Phi) is 81.6. The van der Waals surface area contributed by atoms with Crippen LogP contribution in [-0.4, -0.2) is 293 Å². The summed E-state index contributed by atoms with van der Waals surface area (Å²) >= 11 is 62.1. The van der Waals surface area contributed by atoms with Crippen molar-refractivity contribution in [1.29, 1.82) is 0 Å². The van der Waals surface area contributed by atoms with Crippen LogP contribution in [0.25, 0.3) is 0 Å². The summed E-state index contributed by atoms with van der Waals surface area (Å²) in [5.74, 6) is -5.77. The third kappa shape index (κ3) is 68.6. The Morgan fingerprint density at radius 2 is 0.274 bits per heavy atom. The zero-order valence-corrected chi connectivity index (χ0v) is 76.9. The molecule has 0 fully saturated rings. The van der Waals surface area contributed by atoms with E-state index in [-0.39, 0.29) is 239 Å². The topological polar surface area (TPSA) is 421 Å². The first kappa shape index (κ1) is 119. The number of hydrogen-bond donors (Lipinski definition) is 16. The molecular formula is C65H108O32S16. The molecule has 0 radical (unpaired) electrons. The summed E-state index contributed by atoms with van der Waals surface area (Å²) in [6.45, 7) is 1.32. The number of esters is 16. The molecule has 0 heterocycles. The van der Waals surface area contributed by atoms with Gasteiger partial charge >= 0.3 is 95.5 Å². The summed E-state index contributed by atoms with van der Waals surface area (Å²) in [7, 11) is 0. The largest absolute Gasteiger partial charge is 0.465 e. The molecule has 0 aliphatic carbocycles. The SMILES string of the molecule is CCC(COC(=O)CCS)(COC(=O)CCS)COC(=O)CCS.CCC(COC(=O)CS)(COC(=O)CS)COC(=O)CS.O=C(CCS)OCC(COC(=O)CCS)(COC(=O)CCS)COC(=O)CCS.O=C(CCS)OCCOC(=O)CCS.O=C(CS)OCC(COC(=O)CS)(COC(=O)CS)COC(=O)CS. The molecular weight excluding hydrogens is 1810 g/mol. The van der Waals surface area contributed by atoms with Crippen LogP contribution in [0.4, 0.5) is 0 Å². The molecule has 0 aliphatic rings. The Bertz CT molecular complexity index is 2460. The van der Waals surface area contributed by atoms with Gasteiger partial charge in [0, 0.05) is 51.8 Å². The molecule has 0 bridgehead atoms. The summed E-state index contributed by atoms with van der Waals surface area (Å²) < 4.78 is 81.2. The first-order valence-corrected chi connectivity index (χ1v) is 44.1. The first-order valence-electron chi connectivity index (χ1n) is 33.9. The molecule has 0 N–H and O–H groups in total. The second kappa shape index (κ2) is 77.7. The molecule has 0 aliphatic heterocycles. The van der Waals surface area contributed by atoms with Crippen LogP contribution in [0.3, 0.4) is 0 Å². The highest BCUT2D eigenvalue weighted by atomic mass is 32.1. The summed E-state index contributed by atoms with van der Waals surface area (Å²) in [6, 6.07) is 0. The fourth-order valence-electron chi connectivity index (χ4n) is 6.73. The molecule has 656 valence electrons. The predicted molar refractivity (Wildman–Crippen MR) is 469 cm³/mol. The lowest BCUT2D eigenvalue weighted by atomic mass is 9.88. The van der Waals surface area contributed by atoms with Crippen molar-refractivity contribution in [3.05, 3.63) is 0 Å². The van der Waals surface area contributed by atoms with Crippen LogP contribution in [0, 0.1) is 21.7 Å². The quantitative estimate of drug-likeness (QED) is 0.0169. The molecule has 0 saturated heterocycles. The van der Waals surface area contributed by atoms with Crippen LogP contribution < -0.4 is 0 Å². The van der Waals surface area contributed by atoms with Crippen LogP contribution in [0.5, 0.6) is 0 Å². The van der Waals surface area contributed by atoms with E-state index in [1.165, 1.54) is 0 Å². The zero-order chi connectivity index (χ0) is 87.0. The van der Waals surface area contributed by atoms with Gasteiger partial charge in [-0.3, -0.25) is 76.7 Å². The molecule has 0 atom stereocenters. The number of thiol groups is 16. The van der Waals surface area contributed by atoms with Gasteiger partial charge in [0.15, 0.2) is 0 Å². The number of rotatable bonds is 58. The molecule has 0 amide bonds. The van der Waals surface area contributed by atoms with E-state index in [0.29, 0.717) is 41.6 Å². The van der Waals surface area contributed by atoms with Gasteiger partial charge in [-0.1, -0.05) is 13.8 Å². The number of carbonyl (C=O) groups is 16. The van der Waals surface area contributed by atoms with Gasteiger partial charge in [0.2, 0.25) is 0 Å². The lowest BCUT2D eigenvalue weighted by molar-refractivity contribution is -0.172. The van der Waals surface area contributed by atoms with Crippen LogP contribution in [0.1, 0.15) is 84.5 Å². The number of hydrogen-bond acceptors (Lipinski definition) is 48. The first-order chi connectivity index (χ1) is 53.7. The van der Waals surface area contributed by atoms with Crippen molar-refractivity contribution >= 4 is 298 Å². The van der Waals surface area contributed by atoms with Crippen molar-refractivity contribution in [2.45, 2.75) is 84.5 Å². The predicted octanol–water partition coefficient (Wildman–Crippen LogP) is 4.78. The van der Waals surface area contributed by atoms with Gasteiger partial charge in [-0.2, -0.15) is 202 Å². The maximum atomic E-state index is 11.8. The molecule has 0 spiro atoms.